The Morgan fingerprint density at radius 3 is 1.55 bits per heavy atom. The summed E-state index contributed by atoms with van der Waals surface area (Å²) in [5, 5.41) is 27.5. The van der Waals surface area contributed by atoms with Crippen molar-refractivity contribution in [1.29, 1.82) is 0 Å². The third kappa shape index (κ3) is 6.90. The SMILES string of the molecule is CC(C1=C(O)C(Nc2cc(C(C)c3ccccc3)cc(C(C)c3ccccc3)c2O)=CC(C(C)c2ccccc2)C1)c1ccccc1. The zero-order chi connectivity index (χ0) is 32.9. The van der Waals surface area contributed by atoms with E-state index in [1.807, 2.05) is 36.4 Å². The van der Waals surface area contributed by atoms with Crippen LogP contribution >= 0.6 is 0 Å². The number of hydrogen-bond acceptors (Lipinski definition) is 3. The van der Waals surface area contributed by atoms with Gasteiger partial charge in [-0.25, -0.2) is 0 Å². The van der Waals surface area contributed by atoms with Gasteiger partial charge < -0.3 is 15.5 Å². The predicted molar refractivity (Wildman–Crippen MR) is 195 cm³/mol. The molecule has 6 rings (SSSR count). The Morgan fingerprint density at radius 1 is 0.553 bits per heavy atom. The summed E-state index contributed by atoms with van der Waals surface area (Å²) in [7, 11) is 0. The Kier molecular flexibility index (Phi) is 9.63. The summed E-state index contributed by atoms with van der Waals surface area (Å²) in [4.78, 5) is 0. The molecule has 47 heavy (non-hydrogen) atoms. The highest BCUT2D eigenvalue weighted by molar-refractivity contribution is 5.68. The molecule has 0 saturated heterocycles. The quantitative estimate of drug-likeness (QED) is 0.136. The topological polar surface area (TPSA) is 52.5 Å². The van der Waals surface area contributed by atoms with Crippen LogP contribution in [0.3, 0.4) is 0 Å². The van der Waals surface area contributed by atoms with Crippen molar-refractivity contribution in [2.75, 3.05) is 5.32 Å². The van der Waals surface area contributed by atoms with Crippen molar-refractivity contribution >= 4 is 5.69 Å². The Hall–Kier alpha value is -5.02. The molecule has 5 unspecified atom stereocenters. The first-order valence-electron chi connectivity index (χ1n) is 16.8. The van der Waals surface area contributed by atoms with Gasteiger partial charge in [0, 0.05) is 23.3 Å². The Labute approximate surface area is 280 Å². The lowest BCUT2D eigenvalue weighted by Crippen LogP contribution is -2.21. The molecule has 0 heterocycles. The van der Waals surface area contributed by atoms with Gasteiger partial charge in [0.15, 0.2) is 0 Å². The van der Waals surface area contributed by atoms with Gasteiger partial charge in [-0.1, -0.05) is 161 Å². The van der Waals surface area contributed by atoms with Gasteiger partial charge in [0.1, 0.15) is 11.5 Å². The van der Waals surface area contributed by atoms with Crippen molar-refractivity contribution in [3.05, 3.63) is 190 Å². The standard InChI is InChI=1S/C44H45NO2/c1-29(33-17-9-5-10-18-33)37-25-39(31(3)35-21-13-7-14-22-35)43(46)41(27-37)45-42-28-38(30(2)34-19-11-6-12-20-34)26-40(44(42)47)32(4)36-23-15-8-16-24-36/h5-25,27-32,38,45-47H,26H2,1-4H3. The summed E-state index contributed by atoms with van der Waals surface area (Å²) < 4.78 is 0. The second kappa shape index (κ2) is 14.2. The molecule has 3 N–H and O–H groups in total. The van der Waals surface area contributed by atoms with Gasteiger partial charge in [0.25, 0.3) is 0 Å². The lowest BCUT2D eigenvalue weighted by atomic mass is 9.75. The molecular weight excluding hydrogens is 574 g/mol. The third-order valence-electron chi connectivity index (χ3n) is 10.2. The van der Waals surface area contributed by atoms with Gasteiger partial charge in [-0.05, 0) is 57.7 Å². The van der Waals surface area contributed by atoms with Crippen LogP contribution in [0, 0.1) is 5.92 Å². The van der Waals surface area contributed by atoms with Crippen molar-refractivity contribution in [3.63, 3.8) is 0 Å². The van der Waals surface area contributed by atoms with Crippen LogP contribution < -0.4 is 5.32 Å². The van der Waals surface area contributed by atoms with E-state index in [4.69, 9.17) is 0 Å². The summed E-state index contributed by atoms with van der Waals surface area (Å²) in [5.41, 5.74) is 8.96. The molecule has 238 valence electrons. The van der Waals surface area contributed by atoms with Crippen molar-refractivity contribution in [1.82, 2.24) is 0 Å². The molecule has 5 aromatic rings. The number of rotatable bonds is 10. The summed E-state index contributed by atoms with van der Waals surface area (Å²) in [5.74, 6) is 0.927. The number of phenols is 1. The van der Waals surface area contributed by atoms with Gasteiger partial charge in [0.2, 0.25) is 0 Å². The van der Waals surface area contributed by atoms with Crippen LogP contribution in [0.2, 0.25) is 0 Å². The molecule has 3 nitrogen and oxygen atoms in total. The molecule has 0 spiro atoms. The van der Waals surface area contributed by atoms with Crippen LogP contribution in [0.5, 0.6) is 5.75 Å². The minimum Gasteiger partial charge on any atom is -0.506 e. The maximum Gasteiger partial charge on any atom is 0.142 e. The van der Waals surface area contributed by atoms with E-state index in [2.05, 4.69) is 136 Å². The highest BCUT2D eigenvalue weighted by Crippen LogP contribution is 2.45. The van der Waals surface area contributed by atoms with Gasteiger partial charge in [-0.15, -0.1) is 0 Å². The molecule has 5 aromatic carbocycles. The number of anilines is 1. The maximum absolute atomic E-state index is 12.0. The molecule has 0 amide bonds. The Morgan fingerprint density at radius 2 is 1.02 bits per heavy atom. The molecule has 0 saturated carbocycles. The van der Waals surface area contributed by atoms with E-state index in [1.165, 1.54) is 16.7 Å². The normalized spacial score (nSPS) is 17.4. The monoisotopic (exact) mass is 619 g/mol. The highest BCUT2D eigenvalue weighted by Gasteiger charge is 2.31. The first-order valence-corrected chi connectivity index (χ1v) is 16.8. The molecule has 0 fully saturated rings. The fourth-order valence-corrected chi connectivity index (χ4v) is 6.98. The fourth-order valence-electron chi connectivity index (χ4n) is 6.98. The molecule has 0 aromatic heterocycles. The van der Waals surface area contributed by atoms with Crippen LogP contribution in [0.25, 0.3) is 0 Å². The average molecular weight is 620 g/mol. The van der Waals surface area contributed by atoms with Gasteiger partial charge in [-0.3, -0.25) is 0 Å². The van der Waals surface area contributed by atoms with E-state index in [-0.39, 0.29) is 41.1 Å². The zero-order valence-electron chi connectivity index (χ0n) is 27.8. The van der Waals surface area contributed by atoms with Crippen molar-refractivity contribution in [3.8, 4) is 5.75 Å². The summed E-state index contributed by atoms with van der Waals surface area (Å²) in [6.07, 6.45) is 2.91. The number of aromatic hydroxyl groups is 1. The minimum atomic E-state index is -0.0383. The molecular formula is C44H45NO2. The molecule has 1 aliphatic rings. The number of phenolic OH excluding ortho intramolecular Hbond substituents is 1. The fraction of sp³-hybridized carbons (Fsp3) is 0.227. The van der Waals surface area contributed by atoms with Crippen molar-refractivity contribution in [2.45, 2.75) is 57.8 Å². The number of allylic oxidation sites excluding steroid dienone is 2. The number of hydrogen-bond donors (Lipinski definition) is 3. The number of benzene rings is 5. The van der Waals surface area contributed by atoms with E-state index >= 15 is 0 Å². The van der Waals surface area contributed by atoms with E-state index < -0.39 is 0 Å². The van der Waals surface area contributed by atoms with Crippen LogP contribution in [-0.4, -0.2) is 10.2 Å². The van der Waals surface area contributed by atoms with E-state index in [9.17, 15) is 10.2 Å². The van der Waals surface area contributed by atoms with Crippen LogP contribution in [0.15, 0.2) is 157 Å². The first-order chi connectivity index (χ1) is 22.8. The smallest absolute Gasteiger partial charge is 0.142 e. The predicted octanol–water partition coefficient (Wildman–Crippen LogP) is 11.4. The number of aliphatic hydroxyl groups is 1. The second-order valence-electron chi connectivity index (χ2n) is 13.0. The molecule has 1 aliphatic carbocycles. The van der Waals surface area contributed by atoms with E-state index in [0.29, 0.717) is 11.4 Å². The molecule has 0 bridgehead atoms. The van der Waals surface area contributed by atoms with Gasteiger partial charge in [0.05, 0.1) is 11.4 Å². The van der Waals surface area contributed by atoms with Gasteiger partial charge in [-0.2, -0.15) is 0 Å². The molecule has 5 atom stereocenters. The average Bonchev–Trinajstić information content (AvgIpc) is 3.13. The largest absolute Gasteiger partial charge is 0.506 e. The van der Waals surface area contributed by atoms with Crippen molar-refractivity contribution < 1.29 is 10.2 Å². The number of aliphatic hydroxyl groups excluding tert-OH is 1. The van der Waals surface area contributed by atoms with Gasteiger partial charge >= 0.3 is 0 Å². The lowest BCUT2D eigenvalue weighted by molar-refractivity contribution is 0.386. The molecule has 3 heteroatoms. The minimum absolute atomic E-state index is 0.0267. The molecule has 0 radical (unpaired) electrons. The van der Waals surface area contributed by atoms with E-state index in [1.54, 1.807) is 0 Å². The molecule has 0 aliphatic heterocycles. The second-order valence-corrected chi connectivity index (χ2v) is 13.0. The van der Waals surface area contributed by atoms with Crippen LogP contribution in [0.1, 0.15) is 91.2 Å². The van der Waals surface area contributed by atoms with Crippen molar-refractivity contribution in [2.24, 2.45) is 5.92 Å². The maximum atomic E-state index is 12.0. The summed E-state index contributed by atoms with van der Waals surface area (Å²) in [6.45, 7) is 8.78. The Bertz CT molecular complexity index is 1850. The summed E-state index contributed by atoms with van der Waals surface area (Å²) in [6, 6.07) is 46.0. The van der Waals surface area contributed by atoms with E-state index in [0.717, 1.165) is 28.7 Å². The first kappa shape index (κ1) is 31.9. The highest BCUT2D eigenvalue weighted by atomic mass is 16.3. The van der Waals surface area contributed by atoms with Crippen LogP contribution in [0.4, 0.5) is 5.69 Å². The summed E-state index contributed by atoms with van der Waals surface area (Å²) >= 11 is 0. The zero-order valence-corrected chi connectivity index (χ0v) is 27.8. The Balaban J connectivity index is 1.46. The lowest BCUT2D eigenvalue weighted by Gasteiger charge is -2.32. The number of nitrogens with one attached hydrogen (secondary N) is 1. The third-order valence-corrected chi connectivity index (χ3v) is 10.2. The van der Waals surface area contributed by atoms with Crippen LogP contribution in [-0.2, 0) is 0 Å².